The summed E-state index contributed by atoms with van der Waals surface area (Å²) in [5.41, 5.74) is -0.693. The predicted molar refractivity (Wildman–Crippen MR) is 50.7 cm³/mol. The first-order chi connectivity index (χ1) is 7.58. The van der Waals surface area contributed by atoms with Crippen molar-refractivity contribution in [3.05, 3.63) is 0 Å². The number of esters is 1. The molecule has 0 radical (unpaired) electrons. The quantitative estimate of drug-likeness (QED) is 0.572. The fourth-order valence-electron chi connectivity index (χ4n) is 3.08. The van der Waals surface area contributed by atoms with E-state index in [-0.39, 0.29) is 22.8 Å². The maximum atomic E-state index is 11.7. The Balaban J connectivity index is 2.14. The molecule has 3 saturated carbocycles. The molecule has 0 amide bonds. The number of methoxy groups -OCH3 is 1. The van der Waals surface area contributed by atoms with Crippen LogP contribution < -0.4 is 0 Å². The van der Waals surface area contributed by atoms with Crippen LogP contribution in [0.3, 0.4) is 0 Å². The average molecular weight is 319 g/mol. The van der Waals surface area contributed by atoms with Gasteiger partial charge in [0, 0.05) is 0 Å². The summed E-state index contributed by atoms with van der Waals surface area (Å²) in [6.45, 7) is 0. The van der Waals surface area contributed by atoms with Gasteiger partial charge in [0.2, 0.25) is 0 Å². The molecule has 0 unspecified atom stereocenters. The third kappa shape index (κ3) is 1.63. The zero-order valence-electron chi connectivity index (χ0n) is 9.18. The molecule has 3 fully saturated rings. The van der Waals surface area contributed by atoms with Gasteiger partial charge in [-0.1, -0.05) is 0 Å². The molecule has 0 N–H and O–H groups in total. The molecule has 5 heteroatoms. The van der Waals surface area contributed by atoms with Gasteiger partial charge < -0.3 is 0 Å². The standard InChI is InChI=1S/C11H16O4.Ag/c1-15-9(14)11-5-2-10(3-6-11,4-7-11)8(12)13;/h2-7H2,1H3,(H,12,13);/q;+1/p-1. The van der Waals surface area contributed by atoms with E-state index in [9.17, 15) is 9.59 Å². The van der Waals surface area contributed by atoms with Crippen LogP contribution in [-0.4, -0.2) is 19.0 Å². The Morgan fingerprint density at radius 2 is 1.31 bits per heavy atom. The van der Waals surface area contributed by atoms with Gasteiger partial charge in [0.05, 0.1) is 0 Å². The fourth-order valence-corrected chi connectivity index (χ4v) is 3.40. The molecular weight excluding hydrogens is 304 g/mol. The molecule has 0 saturated heterocycles. The van der Waals surface area contributed by atoms with Crippen LogP contribution in [0.25, 0.3) is 0 Å². The van der Waals surface area contributed by atoms with E-state index in [1.807, 2.05) is 0 Å². The van der Waals surface area contributed by atoms with Gasteiger partial charge in [-0.05, 0) is 0 Å². The molecule has 0 aliphatic heterocycles. The van der Waals surface area contributed by atoms with Crippen LogP contribution in [0.5, 0.6) is 0 Å². The average Bonchev–Trinajstić information content (AvgIpc) is 2.38. The first-order valence-corrected chi connectivity index (χ1v) is 6.07. The van der Waals surface area contributed by atoms with Crippen molar-refractivity contribution in [2.24, 2.45) is 10.8 Å². The van der Waals surface area contributed by atoms with Crippen molar-refractivity contribution in [2.45, 2.75) is 38.5 Å². The van der Waals surface area contributed by atoms with E-state index in [1.165, 1.54) is 7.11 Å². The Hall–Kier alpha value is -0.320. The summed E-state index contributed by atoms with van der Waals surface area (Å²) >= 11 is 2.78. The predicted octanol–water partition coefficient (Wildman–Crippen LogP) is 1.50. The molecule has 16 heavy (non-hydrogen) atoms. The van der Waals surface area contributed by atoms with Gasteiger partial charge in [0.1, 0.15) is 0 Å². The monoisotopic (exact) mass is 318 g/mol. The summed E-state index contributed by atoms with van der Waals surface area (Å²) in [6.07, 6.45) is 4.40. The number of fused-ring (bicyclic) bond motifs is 3. The number of hydrogen-bond acceptors (Lipinski definition) is 4. The number of rotatable bonds is 2. The third-order valence-electron chi connectivity index (χ3n) is 4.35. The Kier molecular flexibility index (Phi) is 3.16. The fraction of sp³-hybridized carbons (Fsp3) is 0.818. The molecule has 0 heterocycles. The first-order valence-electron chi connectivity index (χ1n) is 5.47. The van der Waals surface area contributed by atoms with Crippen LogP contribution >= 0.6 is 0 Å². The Morgan fingerprint density at radius 3 is 1.62 bits per heavy atom. The second-order valence-corrected chi connectivity index (χ2v) is 5.20. The van der Waals surface area contributed by atoms with Crippen LogP contribution in [0.2, 0.25) is 0 Å². The summed E-state index contributed by atoms with van der Waals surface area (Å²) < 4.78 is 9.55. The topological polar surface area (TPSA) is 52.6 Å². The molecule has 0 aromatic carbocycles. The van der Waals surface area contributed by atoms with Gasteiger partial charge in [0.25, 0.3) is 0 Å². The van der Waals surface area contributed by atoms with Crippen LogP contribution in [-0.2, 0) is 39.0 Å². The van der Waals surface area contributed by atoms with Crippen LogP contribution in [0, 0.1) is 10.8 Å². The van der Waals surface area contributed by atoms with Gasteiger partial charge in [0.15, 0.2) is 0 Å². The second-order valence-electron chi connectivity index (χ2n) is 4.90. The van der Waals surface area contributed by atoms with Gasteiger partial charge in [-0.25, -0.2) is 0 Å². The van der Waals surface area contributed by atoms with Crippen molar-refractivity contribution in [3.8, 4) is 0 Å². The van der Waals surface area contributed by atoms with Crippen LogP contribution in [0.1, 0.15) is 38.5 Å². The van der Waals surface area contributed by atoms with E-state index in [0.717, 1.165) is 38.5 Å². The molecule has 0 spiro atoms. The summed E-state index contributed by atoms with van der Waals surface area (Å²) in [6, 6.07) is 0. The van der Waals surface area contributed by atoms with Crippen molar-refractivity contribution in [1.29, 1.82) is 0 Å². The molecule has 3 rings (SSSR count). The normalized spacial score (nSPS) is 36.9. The third-order valence-corrected chi connectivity index (χ3v) is 4.63. The Bertz CT molecular complexity index is 269. The van der Waals surface area contributed by atoms with Crippen molar-refractivity contribution in [3.63, 3.8) is 0 Å². The van der Waals surface area contributed by atoms with Gasteiger partial charge in [-0.3, -0.25) is 0 Å². The molecule has 3 aliphatic rings. The first kappa shape index (κ1) is 12.1. The SMILES string of the molecule is COC(=O)C12CCC(C(=O)[O][Ag])(CC1)CC2. The summed E-state index contributed by atoms with van der Waals surface area (Å²) in [5, 5.41) is 0. The molecule has 3 aliphatic carbocycles. The maximum absolute atomic E-state index is 11.7. The van der Waals surface area contributed by atoms with E-state index in [1.54, 1.807) is 0 Å². The number of carbonyl (C=O) groups is 2. The van der Waals surface area contributed by atoms with Crippen LogP contribution in [0.15, 0.2) is 0 Å². The molecule has 0 aromatic rings. The van der Waals surface area contributed by atoms with Crippen molar-refractivity contribution in [1.82, 2.24) is 0 Å². The minimum absolute atomic E-state index is 0.118. The van der Waals surface area contributed by atoms with E-state index < -0.39 is 0 Å². The van der Waals surface area contributed by atoms with E-state index >= 15 is 0 Å². The minimum atomic E-state index is -0.362. The number of carbonyl (C=O) groups excluding carboxylic acids is 2. The molecule has 0 atom stereocenters. The van der Waals surface area contributed by atoms with Crippen LogP contribution in [0.4, 0.5) is 0 Å². The number of ether oxygens (including phenoxy) is 1. The van der Waals surface area contributed by atoms with E-state index in [2.05, 4.69) is 24.7 Å². The molecular formula is C11H15AgO4. The summed E-state index contributed by atoms with van der Waals surface area (Å²) in [4.78, 5) is 23.4. The second kappa shape index (κ2) is 4.17. The Morgan fingerprint density at radius 1 is 0.938 bits per heavy atom. The van der Waals surface area contributed by atoms with E-state index in [4.69, 9.17) is 4.74 Å². The zero-order chi connectivity index (χ0) is 11.8. The zero-order valence-corrected chi connectivity index (χ0v) is 10.7. The van der Waals surface area contributed by atoms with Gasteiger partial charge in [-0.15, -0.1) is 0 Å². The summed E-state index contributed by atoms with van der Waals surface area (Å²) in [7, 11) is 1.43. The molecule has 94 valence electrons. The van der Waals surface area contributed by atoms with Gasteiger partial charge >= 0.3 is 107 Å². The van der Waals surface area contributed by atoms with Crippen molar-refractivity contribution in [2.75, 3.05) is 7.11 Å². The summed E-state index contributed by atoms with van der Waals surface area (Å²) in [5.74, 6) is -0.308. The van der Waals surface area contributed by atoms with E-state index in [0.29, 0.717) is 0 Å². The van der Waals surface area contributed by atoms with Gasteiger partial charge in [-0.2, -0.15) is 0 Å². The van der Waals surface area contributed by atoms with Crippen molar-refractivity contribution >= 4 is 11.9 Å². The number of hydrogen-bond donors (Lipinski definition) is 0. The molecule has 0 aromatic heterocycles. The Labute approximate surface area is 107 Å². The molecule has 4 nitrogen and oxygen atoms in total. The van der Waals surface area contributed by atoms with Crippen molar-refractivity contribution < 1.29 is 39.0 Å². The molecule has 2 bridgehead atoms.